The van der Waals surface area contributed by atoms with Crippen LogP contribution >= 0.6 is 0 Å². The summed E-state index contributed by atoms with van der Waals surface area (Å²) in [5.74, 6) is -2.24. The lowest BCUT2D eigenvalue weighted by Gasteiger charge is -2.38. The van der Waals surface area contributed by atoms with Crippen LogP contribution in [0.5, 0.6) is 0 Å². The van der Waals surface area contributed by atoms with Crippen molar-refractivity contribution in [3.63, 3.8) is 0 Å². The van der Waals surface area contributed by atoms with E-state index in [1.807, 2.05) is 20.8 Å². The fourth-order valence-electron chi connectivity index (χ4n) is 2.37. The molecule has 0 radical (unpaired) electrons. The molecule has 1 atom stereocenters. The van der Waals surface area contributed by atoms with E-state index < -0.39 is 5.92 Å². The van der Waals surface area contributed by atoms with E-state index in [0.717, 1.165) is 6.42 Å². The zero-order valence-electron chi connectivity index (χ0n) is 7.45. The molecule has 2 heteroatoms. The summed E-state index contributed by atoms with van der Waals surface area (Å²) in [7, 11) is 0. The van der Waals surface area contributed by atoms with Crippen molar-refractivity contribution >= 4 is 0 Å². The molecule has 0 amide bonds. The lowest BCUT2D eigenvalue weighted by molar-refractivity contribution is -0.0904. The van der Waals surface area contributed by atoms with Crippen molar-refractivity contribution in [2.45, 2.75) is 46.0 Å². The molecule has 66 valence electrons. The second-order valence-corrected chi connectivity index (χ2v) is 4.71. The van der Waals surface area contributed by atoms with Gasteiger partial charge in [-0.1, -0.05) is 20.8 Å². The fraction of sp³-hybridized carbons (Fsp3) is 1.00. The summed E-state index contributed by atoms with van der Waals surface area (Å²) < 4.78 is 25.9. The van der Waals surface area contributed by atoms with Crippen molar-refractivity contribution in [2.24, 2.45) is 11.3 Å². The maximum Gasteiger partial charge on any atom is 0.248 e. The summed E-state index contributed by atoms with van der Waals surface area (Å²) in [4.78, 5) is 0. The first-order valence-electron chi connectivity index (χ1n) is 4.19. The standard InChI is InChI=1S/C9H16F2/c1-7-4-8(2,3)6-9(10,11)5-7/h7H,4-6H2,1-3H3. The van der Waals surface area contributed by atoms with Crippen molar-refractivity contribution < 1.29 is 8.78 Å². The van der Waals surface area contributed by atoms with E-state index in [-0.39, 0.29) is 24.2 Å². The van der Waals surface area contributed by atoms with Gasteiger partial charge in [-0.05, 0) is 17.8 Å². The summed E-state index contributed by atoms with van der Waals surface area (Å²) in [5, 5.41) is 0. The highest BCUT2D eigenvalue weighted by Crippen LogP contribution is 2.46. The Hall–Kier alpha value is -0.140. The van der Waals surface area contributed by atoms with Crippen LogP contribution in [0.4, 0.5) is 8.78 Å². The quantitative estimate of drug-likeness (QED) is 0.511. The average molecular weight is 162 g/mol. The minimum atomic E-state index is -2.42. The first kappa shape index (κ1) is 8.95. The SMILES string of the molecule is CC1CC(C)(C)CC(F)(F)C1. The number of halogens is 2. The molecule has 0 bridgehead atoms. The largest absolute Gasteiger partial charge is 0.248 e. The van der Waals surface area contributed by atoms with Crippen molar-refractivity contribution in [2.75, 3.05) is 0 Å². The third kappa shape index (κ3) is 2.42. The molecule has 0 N–H and O–H groups in total. The van der Waals surface area contributed by atoms with Gasteiger partial charge in [-0.3, -0.25) is 0 Å². The molecule has 1 unspecified atom stereocenters. The summed E-state index contributed by atoms with van der Waals surface area (Å²) in [6, 6.07) is 0. The Balaban J connectivity index is 2.66. The first-order valence-corrected chi connectivity index (χ1v) is 4.19. The highest BCUT2D eigenvalue weighted by Gasteiger charge is 2.43. The van der Waals surface area contributed by atoms with Crippen LogP contribution in [-0.4, -0.2) is 5.92 Å². The second-order valence-electron chi connectivity index (χ2n) is 4.71. The van der Waals surface area contributed by atoms with Crippen molar-refractivity contribution in [1.82, 2.24) is 0 Å². The number of hydrogen-bond acceptors (Lipinski definition) is 0. The molecular formula is C9H16F2. The van der Waals surface area contributed by atoms with E-state index in [9.17, 15) is 8.78 Å². The Bertz CT molecular complexity index is 134. The van der Waals surface area contributed by atoms with Crippen LogP contribution in [0.15, 0.2) is 0 Å². The van der Waals surface area contributed by atoms with Gasteiger partial charge < -0.3 is 0 Å². The monoisotopic (exact) mass is 162 g/mol. The molecule has 1 fully saturated rings. The predicted molar refractivity (Wildman–Crippen MR) is 41.7 cm³/mol. The van der Waals surface area contributed by atoms with Crippen LogP contribution in [0, 0.1) is 11.3 Å². The van der Waals surface area contributed by atoms with E-state index in [0.29, 0.717) is 0 Å². The maximum absolute atomic E-state index is 13.0. The third-order valence-electron chi connectivity index (χ3n) is 2.29. The molecule has 0 heterocycles. The van der Waals surface area contributed by atoms with E-state index in [4.69, 9.17) is 0 Å². The second kappa shape index (κ2) is 2.43. The Morgan fingerprint density at radius 1 is 1.18 bits per heavy atom. The van der Waals surface area contributed by atoms with E-state index in [1.54, 1.807) is 0 Å². The van der Waals surface area contributed by atoms with Crippen molar-refractivity contribution in [1.29, 1.82) is 0 Å². The summed E-state index contributed by atoms with van der Waals surface area (Å²) >= 11 is 0. The fourth-order valence-corrected chi connectivity index (χ4v) is 2.37. The first-order chi connectivity index (χ1) is 4.81. The maximum atomic E-state index is 13.0. The number of rotatable bonds is 0. The molecule has 0 nitrogen and oxygen atoms in total. The molecule has 0 saturated heterocycles. The number of hydrogen-bond donors (Lipinski definition) is 0. The highest BCUT2D eigenvalue weighted by molar-refractivity contribution is 4.86. The molecule has 11 heavy (non-hydrogen) atoms. The van der Waals surface area contributed by atoms with Crippen LogP contribution in [0.3, 0.4) is 0 Å². The highest BCUT2D eigenvalue weighted by atomic mass is 19.3. The van der Waals surface area contributed by atoms with Crippen LogP contribution < -0.4 is 0 Å². The molecule has 0 aliphatic heterocycles. The van der Waals surface area contributed by atoms with Gasteiger partial charge in [-0.25, -0.2) is 8.78 Å². The predicted octanol–water partition coefficient (Wildman–Crippen LogP) is 3.47. The Labute approximate surface area is 67.0 Å². The van der Waals surface area contributed by atoms with Gasteiger partial charge in [0.25, 0.3) is 0 Å². The van der Waals surface area contributed by atoms with Crippen LogP contribution in [0.25, 0.3) is 0 Å². The molecular weight excluding hydrogens is 146 g/mol. The van der Waals surface area contributed by atoms with E-state index >= 15 is 0 Å². The van der Waals surface area contributed by atoms with Crippen molar-refractivity contribution in [3.8, 4) is 0 Å². The molecule has 0 spiro atoms. The third-order valence-corrected chi connectivity index (χ3v) is 2.29. The Kier molecular flexibility index (Phi) is 1.97. The van der Waals surface area contributed by atoms with Crippen molar-refractivity contribution in [3.05, 3.63) is 0 Å². The zero-order chi connectivity index (χ0) is 8.70. The Morgan fingerprint density at radius 2 is 1.73 bits per heavy atom. The van der Waals surface area contributed by atoms with Gasteiger partial charge in [0.2, 0.25) is 5.92 Å². The topological polar surface area (TPSA) is 0 Å². The van der Waals surface area contributed by atoms with Gasteiger partial charge in [0.15, 0.2) is 0 Å². The number of alkyl halides is 2. The van der Waals surface area contributed by atoms with Gasteiger partial charge in [0.1, 0.15) is 0 Å². The average Bonchev–Trinajstić information content (AvgIpc) is 1.49. The molecule has 1 saturated carbocycles. The Morgan fingerprint density at radius 3 is 2.09 bits per heavy atom. The molecule has 1 aliphatic rings. The van der Waals surface area contributed by atoms with E-state index in [1.165, 1.54) is 0 Å². The minimum absolute atomic E-state index is 0.0599. The molecule has 1 aliphatic carbocycles. The lowest BCUT2D eigenvalue weighted by Crippen LogP contribution is -2.35. The van der Waals surface area contributed by atoms with Gasteiger partial charge in [0.05, 0.1) is 0 Å². The molecule has 0 aromatic carbocycles. The van der Waals surface area contributed by atoms with Gasteiger partial charge in [-0.15, -0.1) is 0 Å². The van der Waals surface area contributed by atoms with E-state index in [2.05, 4.69) is 0 Å². The zero-order valence-corrected chi connectivity index (χ0v) is 7.45. The normalized spacial score (nSPS) is 35.2. The minimum Gasteiger partial charge on any atom is -0.207 e. The summed E-state index contributed by atoms with van der Waals surface area (Å²) in [5.41, 5.74) is -0.166. The van der Waals surface area contributed by atoms with Gasteiger partial charge >= 0.3 is 0 Å². The van der Waals surface area contributed by atoms with Crippen LogP contribution in [0.1, 0.15) is 40.0 Å². The molecule has 1 rings (SSSR count). The summed E-state index contributed by atoms with van der Waals surface area (Å²) in [6.07, 6.45) is 1.07. The molecule has 0 aromatic rings. The van der Waals surface area contributed by atoms with Gasteiger partial charge in [-0.2, -0.15) is 0 Å². The smallest absolute Gasteiger partial charge is 0.207 e. The lowest BCUT2D eigenvalue weighted by atomic mass is 9.71. The molecule has 0 aromatic heterocycles. The van der Waals surface area contributed by atoms with Crippen LogP contribution in [0.2, 0.25) is 0 Å². The van der Waals surface area contributed by atoms with Crippen LogP contribution in [-0.2, 0) is 0 Å². The summed E-state index contributed by atoms with van der Waals surface area (Å²) in [6.45, 7) is 5.77. The van der Waals surface area contributed by atoms with Gasteiger partial charge in [0, 0.05) is 12.8 Å².